The fourth-order valence-corrected chi connectivity index (χ4v) is 2.07. The first-order chi connectivity index (χ1) is 7.70. The van der Waals surface area contributed by atoms with E-state index < -0.39 is 0 Å². The van der Waals surface area contributed by atoms with Crippen LogP contribution in [0.15, 0.2) is 30.6 Å². The zero-order valence-electron chi connectivity index (χ0n) is 9.90. The number of rotatable bonds is 3. The molecule has 0 aliphatic rings. The molecular formula is C14H18N2. The molecule has 1 unspecified atom stereocenters. The summed E-state index contributed by atoms with van der Waals surface area (Å²) >= 11 is 0. The van der Waals surface area contributed by atoms with Crippen molar-refractivity contribution in [3.05, 3.63) is 41.7 Å². The molecule has 0 aliphatic heterocycles. The van der Waals surface area contributed by atoms with Crippen LogP contribution in [0.1, 0.15) is 25.0 Å². The number of fused-ring (bicyclic) bond motifs is 1. The van der Waals surface area contributed by atoms with Crippen molar-refractivity contribution in [2.75, 3.05) is 0 Å². The highest BCUT2D eigenvalue weighted by atomic mass is 14.6. The molecule has 2 heteroatoms. The van der Waals surface area contributed by atoms with Gasteiger partial charge in [-0.05, 0) is 42.3 Å². The average Bonchev–Trinajstić information content (AvgIpc) is 2.27. The minimum absolute atomic E-state index is 0.208. The number of nitrogens with two attached hydrogens (primary N) is 1. The molecule has 0 saturated heterocycles. The number of hydrogen-bond donors (Lipinski definition) is 1. The van der Waals surface area contributed by atoms with Crippen LogP contribution < -0.4 is 5.73 Å². The van der Waals surface area contributed by atoms with E-state index in [1.165, 1.54) is 21.9 Å². The summed E-state index contributed by atoms with van der Waals surface area (Å²) in [6.45, 7) is 4.19. The quantitative estimate of drug-likeness (QED) is 0.853. The second-order valence-electron chi connectivity index (χ2n) is 4.39. The molecule has 0 spiro atoms. The lowest BCUT2D eigenvalue weighted by molar-refractivity contribution is 0.739. The van der Waals surface area contributed by atoms with Crippen LogP contribution in [0.3, 0.4) is 0 Å². The Morgan fingerprint density at radius 1 is 1.31 bits per heavy atom. The minimum Gasteiger partial charge on any atom is -0.328 e. The van der Waals surface area contributed by atoms with Crippen LogP contribution in [0.5, 0.6) is 0 Å². The maximum atomic E-state index is 5.81. The predicted octanol–water partition coefficient (Wildman–Crippen LogP) is 2.69. The average molecular weight is 214 g/mol. The Balaban J connectivity index is 2.47. The van der Waals surface area contributed by atoms with E-state index in [0.717, 1.165) is 12.8 Å². The summed E-state index contributed by atoms with van der Waals surface area (Å²) < 4.78 is 0. The second-order valence-corrected chi connectivity index (χ2v) is 4.39. The molecular weight excluding hydrogens is 196 g/mol. The molecule has 16 heavy (non-hydrogen) atoms. The molecule has 1 aromatic heterocycles. The number of aryl methyl sites for hydroxylation is 1. The van der Waals surface area contributed by atoms with Crippen molar-refractivity contribution in [1.29, 1.82) is 0 Å². The van der Waals surface area contributed by atoms with Gasteiger partial charge in [0.25, 0.3) is 0 Å². The Labute approximate surface area is 96.5 Å². The van der Waals surface area contributed by atoms with Crippen molar-refractivity contribution in [1.82, 2.24) is 4.98 Å². The van der Waals surface area contributed by atoms with Gasteiger partial charge in [-0.15, -0.1) is 0 Å². The van der Waals surface area contributed by atoms with Gasteiger partial charge in [0.15, 0.2) is 0 Å². The van der Waals surface area contributed by atoms with E-state index in [-0.39, 0.29) is 6.04 Å². The first-order valence-electron chi connectivity index (χ1n) is 5.81. The Bertz CT molecular complexity index is 489. The number of benzene rings is 1. The Morgan fingerprint density at radius 2 is 2.12 bits per heavy atom. The lowest BCUT2D eigenvalue weighted by Gasteiger charge is -2.08. The van der Waals surface area contributed by atoms with Crippen LogP contribution >= 0.6 is 0 Å². The normalized spacial score (nSPS) is 12.9. The first kappa shape index (κ1) is 11.1. The van der Waals surface area contributed by atoms with Gasteiger partial charge in [0.1, 0.15) is 0 Å². The van der Waals surface area contributed by atoms with Crippen LogP contribution in [0.25, 0.3) is 10.8 Å². The molecule has 0 saturated carbocycles. The van der Waals surface area contributed by atoms with Crippen LogP contribution in [0.2, 0.25) is 0 Å². The molecule has 1 aromatic carbocycles. The first-order valence-corrected chi connectivity index (χ1v) is 5.81. The van der Waals surface area contributed by atoms with Crippen LogP contribution in [-0.4, -0.2) is 11.0 Å². The Morgan fingerprint density at radius 3 is 2.81 bits per heavy atom. The molecule has 0 fully saturated rings. The zero-order valence-corrected chi connectivity index (χ0v) is 9.90. The monoisotopic (exact) mass is 214 g/mol. The molecule has 84 valence electrons. The summed E-state index contributed by atoms with van der Waals surface area (Å²) in [5.41, 5.74) is 8.41. The van der Waals surface area contributed by atoms with E-state index >= 15 is 0 Å². The minimum atomic E-state index is 0.208. The molecule has 1 atom stereocenters. The van der Waals surface area contributed by atoms with Gasteiger partial charge in [0.05, 0.1) is 0 Å². The zero-order chi connectivity index (χ0) is 11.5. The summed E-state index contributed by atoms with van der Waals surface area (Å²) in [4.78, 5) is 4.27. The van der Waals surface area contributed by atoms with Crippen molar-refractivity contribution in [2.45, 2.75) is 32.7 Å². The van der Waals surface area contributed by atoms with Gasteiger partial charge < -0.3 is 5.73 Å². The third-order valence-electron chi connectivity index (χ3n) is 2.84. The topological polar surface area (TPSA) is 38.9 Å². The third-order valence-corrected chi connectivity index (χ3v) is 2.84. The third kappa shape index (κ3) is 2.22. The van der Waals surface area contributed by atoms with Gasteiger partial charge in [-0.2, -0.15) is 0 Å². The van der Waals surface area contributed by atoms with E-state index in [0.29, 0.717) is 0 Å². The fourth-order valence-electron chi connectivity index (χ4n) is 2.07. The predicted molar refractivity (Wildman–Crippen MR) is 68.5 cm³/mol. The maximum absolute atomic E-state index is 5.81. The Hall–Kier alpha value is -1.41. The molecule has 2 rings (SSSR count). The maximum Gasteiger partial charge on any atom is 0.0346 e. The second kappa shape index (κ2) is 4.62. The van der Waals surface area contributed by atoms with E-state index in [1.807, 2.05) is 19.3 Å². The molecule has 2 nitrogen and oxygen atoms in total. The van der Waals surface area contributed by atoms with Crippen LogP contribution in [0, 0.1) is 0 Å². The standard InChI is InChI=1S/C14H18N2/c1-3-12-8-16-9-13-7-11(6-10(2)15)4-5-14(12)13/h4-5,7-10H,3,6,15H2,1-2H3. The van der Waals surface area contributed by atoms with Gasteiger partial charge in [-0.25, -0.2) is 0 Å². The summed E-state index contributed by atoms with van der Waals surface area (Å²) in [6.07, 6.45) is 5.83. The van der Waals surface area contributed by atoms with Gasteiger partial charge in [-0.3, -0.25) is 4.98 Å². The van der Waals surface area contributed by atoms with Gasteiger partial charge in [0.2, 0.25) is 0 Å². The van der Waals surface area contributed by atoms with E-state index in [1.54, 1.807) is 0 Å². The largest absolute Gasteiger partial charge is 0.328 e. The molecule has 1 heterocycles. The Kier molecular flexibility index (Phi) is 3.20. The molecule has 0 radical (unpaired) electrons. The van der Waals surface area contributed by atoms with E-state index in [4.69, 9.17) is 5.73 Å². The fraction of sp³-hybridized carbons (Fsp3) is 0.357. The molecule has 0 aliphatic carbocycles. The van der Waals surface area contributed by atoms with Crippen molar-refractivity contribution in [3.8, 4) is 0 Å². The van der Waals surface area contributed by atoms with Crippen molar-refractivity contribution < 1.29 is 0 Å². The lowest BCUT2D eigenvalue weighted by Crippen LogP contribution is -2.17. The number of pyridine rings is 1. The summed E-state index contributed by atoms with van der Waals surface area (Å²) in [7, 11) is 0. The highest BCUT2D eigenvalue weighted by Crippen LogP contribution is 2.20. The van der Waals surface area contributed by atoms with Crippen LogP contribution in [0.4, 0.5) is 0 Å². The smallest absolute Gasteiger partial charge is 0.0346 e. The number of aromatic nitrogens is 1. The van der Waals surface area contributed by atoms with Gasteiger partial charge >= 0.3 is 0 Å². The van der Waals surface area contributed by atoms with Crippen molar-refractivity contribution in [3.63, 3.8) is 0 Å². The molecule has 0 bridgehead atoms. The number of nitrogens with zero attached hydrogens (tertiary/aromatic N) is 1. The van der Waals surface area contributed by atoms with Crippen molar-refractivity contribution >= 4 is 10.8 Å². The van der Waals surface area contributed by atoms with Gasteiger partial charge in [0, 0.05) is 23.8 Å². The highest BCUT2D eigenvalue weighted by molar-refractivity contribution is 5.85. The lowest BCUT2D eigenvalue weighted by atomic mass is 10.0. The number of hydrogen-bond acceptors (Lipinski definition) is 2. The van der Waals surface area contributed by atoms with Crippen LogP contribution in [-0.2, 0) is 12.8 Å². The van der Waals surface area contributed by atoms with Gasteiger partial charge in [-0.1, -0.05) is 19.1 Å². The van der Waals surface area contributed by atoms with Crippen molar-refractivity contribution in [2.24, 2.45) is 5.73 Å². The summed E-state index contributed by atoms with van der Waals surface area (Å²) in [6, 6.07) is 6.77. The molecule has 2 N–H and O–H groups in total. The molecule has 2 aromatic rings. The molecule has 0 amide bonds. The summed E-state index contributed by atoms with van der Waals surface area (Å²) in [5, 5.41) is 2.53. The van der Waals surface area contributed by atoms with E-state index in [9.17, 15) is 0 Å². The highest BCUT2D eigenvalue weighted by Gasteiger charge is 2.02. The SMILES string of the molecule is CCc1cncc2cc(CC(C)N)ccc12. The van der Waals surface area contributed by atoms with E-state index in [2.05, 4.69) is 30.1 Å². The summed E-state index contributed by atoms with van der Waals surface area (Å²) in [5.74, 6) is 0.